The summed E-state index contributed by atoms with van der Waals surface area (Å²) in [5.74, 6) is 1.93. The van der Waals surface area contributed by atoms with Gasteiger partial charge < -0.3 is 20.7 Å². The van der Waals surface area contributed by atoms with Crippen LogP contribution in [0.25, 0.3) is 11.0 Å². The topological polar surface area (TPSA) is 115 Å². The number of aryl methyl sites for hydroxylation is 2. The predicted octanol–water partition coefficient (Wildman–Crippen LogP) is 0.877. The zero-order valence-electron chi connectivity index (χ0n) is 12.9. The van der Waals surface area contributed by atoms with Crippen LogP contribution in [0.4, 0.5) is 11.6 Å². The van der Waals surface area contributed by atoms with Crippen LogP contribution in [0.5, 0.6) is 0 Å². The SMILES string of the molecule is Cn1c(CCCO)nc2c(N)nc(NCc3cnccn3)cc21. The summed E-state index contributed by atoms with van der Waals surface area (Å²) in [5.41, 5.74) is 8.45. The van der Waals surface area contributed by atoms with Crippen molar-refractivity contribution in [3.63, 3.8) is 0 Å². The van der Waals surface area contributed by atoms with Crippen molar-refractivity contribution in [2.75, 3.05) is 17.7 Å². The Hall–Kier alpha value is -2.74. The summed E-state index contributed by atoms with van der Waals surface area (Å²) >= 11 is 0. The number of aliphatic hydroxyl groups excluding tert-OH is 1. The maximum Gasteiger partial charge on any atom is 0.154 e. The van der Waals surface area contributed by atoms with Crippen molar-refractivity contribution < 1.29 is 5.11 Å². The number of pyridine rings is 1. The van der Waals surface area contributed by atoms with Gasteiger partial charge >= 0.3 is 0 Å². The molecule has 0 spiro atoms. The van der Waals surface area contributed by atoms with E-state index in [1.807, 2.05) is 17.7 Å². The number of hydrogen-bond acceptors (Lipinski definition) is 7. The van der Waals surface area contributed by atoms with Gasteiger partial charge in [0.2, 0.25) is 0 Å². The van der Waals surface area contributed by atoms with Crippen LogP contribution >= 0.6 is 0 Å². The third kappa shape index (κ3) is 3.21. The molecule has 0 atom stereocenters. The zero-order valence-corrected chi connectivity index (χ0v) is 12.9. The minimum atomic E-state index is 0.141. The van der Waals surface area contributed by atoms with Crippen molar-refractivity contribution in [3.8, 4) is 0 Å². The summed E-state index contributed by atoms with van der Waals surface area (Å²) in [7, 11) is 1.94. The fourth-order valence-electron chi connectivity index (χ4n) is 2.41. The molecule has 0 saturated carbocycles. The normalized spacial score (nSPS) is 11.0. The number of rotatable bonds is 6. The summed E-state index contributed by atoms with van der Waals surface area (Å²) in [5, 5.41) is 12.2. The Morgan fingerprint density at radius 2 is 2.17 bits per heavy atom. The van der Waals surface area contributed by atoms with E-state index in [-0.39, 0.29) is 6.61 Å². The number of fused-ring (bicyclic) bond motifs is 1. The largest absolute Gasteiger partial charge is 0.396 e. The number of anilines is 2. The lowest BCUT2D eigenvalue weighted by Crippen LogP contribution is -2.05. The van der Waals surface area contributed by atoms with Crippen molar-refractivity contribution in [2.24, 2.45) is 7.05 Å². The first kappa shape index (κ1) is 15.2. The minimum Gasteiger partial charge on any atom is -0.396 e. The van der Waals surface area contributed by atoms with E-state index in [0.717, 1.165) is 17.0 Å². The van der Waals surface area contributed by atoms with Gasteiger partial charge in [0.1, 0.15) is 17.2 Å². The van der Waals surface area contributed by atoms with Gasteiger partial charge in [0, 0.05) is 38.5 Å². The van der Waals surface area contributed by atoms with Crippen molar-refractivity contribution in [2.45, 2.75) is 19.4 Å². The molecule has 0 aliphatic carbocycles. The van der Waals surface area contributed by atoms with Gasteiger partial charge in [-0.25, -0.2) is 9.97 Å². The summed E-state index contributed by atoms with van der Waals surface area (Å²) in [6, 6.07) is 1.91. The van der Waals surface area contributed by atoms with Gasteiger partial charge in [0.25, 0.3) is 0 Å². The molecule has 3 heterocycles. The zero-order chi connectivity index (χ0) is 16.2. The molecule has 0 bridgehead atoms. The maximum absolute atomic E-state index is 8.98. The van der Waals surface area contributed by atoms with Gasteiger partial charge in [-0.1, -0.05) is 0 Å². The average molecular weight is 313 g/mol. The first-order chi connectivity index (χ1) is 11.2. The molecule has 0 aromatic carbocycles. The Labute approximate surface area is 133 Å². The predicted molar refractivity (Wildman–Crippen MR) is 87.7 cm³/mol. The van der Waals surface area contributed by atoms with E-state index >= 15 is 0 Å². The second-order valence-electron chi connectivity index (χ2n) is 5.22. The van der Waals surface area contributed by atoms with Crippen LogP contribution in [-0.2, 0) is 20.0 Å². The highest BCUT2D eigenvalue weighted by molar-refractivity contribution is 5.87. The number of nitrogens with one attached hydrogen (secondary N) is 1. The van der Waals surface area contributed by atoms with E-state index in [2.05, 4.69) is 25.3 Å². The van der Waals surface area contributed by atoms with Gasteiger partial charge in [-0.3, -0.25) is 9.97 Å². The Morgan fingerprint density at radius 1 is 1.30 bits per heavy atom. The van der Waals surface area contributed by atoms with Crippen molar-refractivity contribution in [1.82, 2.24) is 24.5 Å². The van der Waals surface area contributed by atoms with Gasteiger partial charge in [0.05, 0.1) is 24.0 Å². The summed E-state index contributed by atoms with van der Waals surface area (Å²) < 4.78 is 1.98. The Morgan fingerprint density at radius 3 is 2.91 bits per heavy atom. The fraction of sp³-hybridized carbons (Fsp3) is 0.333. The molecule has 3 rings (SSSR count). The summed E-state index contributed by atoms with van der Waals surface area (Å²) in [4.78, 5) is 17.1. The molecular weight excluding hydrogens is 294 g/mol. The summed E-state index contributed by atoms with van der Waals surface area (Å²) in [6.45, 7) is 0.656. The Bertz CT molecular complexity index is 800. The third-order valence-corrected chi connectivity index (χ3v) is 3.61. The molecule has 23 heavy (non-hydrogen) atoms. The molecule has 0 aliphatic heterocycles. The lowest BCUT2D eigenvalue weighted by atomic mass is 10.3. The van der Waals surface area contributed by atoms with E-state index < -0.39 is 0 Å². The monoisotopic (exact) mass is 313 g/mol. The Kier molecular flexibility index (Phi) is 4.33. The van der Waals surface area contributed by atoms with Crippen molar-refractivity contribution >= 4 is 22.7 Å². The first-order valence-electron chi connectivity index (χ1n) is 7.40. The first-order valence-corrected chi connectivity index (χ1v) is 7.40. The number of aliphatic hydroxyl groups is 1. The average Bonchev–Trinajstić information content (AvgIpc) is 2.89. The number of aromatic nitrogens is 5. The number of hydrogen-bond donors (Lipinski definition) is 3. The van der Waals surface area contributed by atoms with E-state index in [0.29, 0.717) is 36.5 Å². The van der Waals surface area contributed by atoms with Crippen LogP contribution in [0.2, 0.25) is 0 Å². The smallest absolute Gasteiger partial charge is 0.154 e. The van der Waals surface area contributed by atoms with Gasteiger partial charge in [-0.15, -0.1) is 0 Å². The minimum absolute atomic E-state index is 0.141. The lowest BCUT2D eigenvalue weighted by Gasteiger charge is -2.07. The van der Waals surface area contributed by atoms with Crippen LogP contribution in [0, 0.1) is 0 Å². The van der Waals surface area contributed by atoms with Crippen LogP contribution in [-0.4, -0.2) is 36.2 Å². The second kappa shape index (κ2) is 6.57. The van der Waals surface area contributed by atoms with Crippen molar-refractivity contribution in [1.29, 1.82) is 0 Å². The highest BCUT2D eigenvalue weighted by Gasteiger charge is 2.12. The second-order valence-corrected chi connectivity index (χ2v) is 5.22. The highest BCUT2D eigenvalue weighted by Crippen LogP contribution is 2.23. The highest BCUT2D eigenvalue weighted by atomic mass is 16.2. The standard InChI is InChI=1S/C15H19N7O/c1-22-11-7-12(19-9-10-8-17-4-5-18-10)20-15(16)14(11)21-13(22)3-2-6-23/h4-5,7-8,23H,2-3,6,9H2,1H3,(H3,16,19,20). The molecule has 3 aromatic rings. The molecular formula is C15H19N7O. The fourth-order valence-corrected chi connectivity index (χ4v) is 2.41. The van der Waals surface area contributed by atoms with E-state index in [4.69, 9.17) is 10.8 Å². The quantitative estimate of drug-likeness (QED) is 0.618. The molecule has 8 nitrogen and oxygen atoms in total. The molecule has 0 aliphatic rings. The maximum atomic E-state index is 8.98. The van der Waals surface area contributed by atoms with Crippen LogP contribution in [0.15, 0.2) is 24.7 Å². The number of nitrogen functional groups attached to an aromatic ring is 1. The van der Waals surface area contributed by atoms with E-state index in [9.17, 15) is 0 Å². The van der Waals surface area contributed by atoms with Crippen molar-refractivity contribution in [3.05, 3.63) is 36.2 Å². The van der Waals surface area contributed by atoms with E-state index in [1.54, 1.807) is 18.6 Å². The van der Waals surface area contributed by atoms with Gasteiger partial charge in [0.15, 0.2) is 5.82 Å². The molecule has 8 heteroatoms. The molecule has 0 fully saturated rings. The number of nitrogens with zero attached hydrogens (tertiary/aromatic N) is 5. The number of imidazole rings is 1. The summed E-state index contributed by atoms with van der Waals surface area (Å²) in [6.07, 6.45) is 6.35. The molecule has 4 N–H and O–H groups in total. The van der Waals surface area contributed by atoms with Crippen LogP contribution in [0.3, 0.4) is 0 Å². The Balaban J connectivity index is 1.86. The van der Waals surface area contributed by atoms with E-state index in [1.165, 1.54) is 0 Å². The third-order valence-electron chi connectivity index (χ3n) is 3.61. The van der Waals surface area contributed by atoms with Crippen LogP contribution in [0.1, 0.15) is 17.9 Å². The number of nitrogens with two attached hydrogens (primary N) is 1. The van der Waals surface area contributed by atoms with Gasteiger partial charge in [-0.2, -0.15) is 0 Å². The van der Waals surface area contributed by atoms with Crippen LogP contribution < -0.4 is 11.1 Å². The molecule has 3 aromatic heterocycles. The molecule has 0 unspecified atom stereocenters. The van der Waals surface area contributed by atoms with Gasteiger partial charge in [-0.05, 0) is 6.42 Å². The molecule has 0 radical (unpaired) electrons. The molecule has 0 saturated heterocycles. The lowest BCUT2D eigenvalue weighted by molar-refractivity contribution is 0.287. The molecule has 0 amide bonds. The molecule has 120 valence electrons.